The molecule has 0 radical (unpaired) electrons. The van der Waals surface area contributed by atoms with Gasteiger partial charge in [-0.2, -0.15) is 0 Å². The van der Waals surface area contributed by atoms with Crippen LogP contribution in [0, 0.1) is 5.82 Å². The number of likely N-dealkylation sites (tertiary alicyclic amines) is 1. The summed E-state index contributed by atoms with van der Waals surface area (Å²) in [5.74, 6) is 0.0642. The minimum absolute atomic E-state index is 0.133. The van der Waals surface area contributed by atoms with Crippen molar-refractivity contribution in [1.29, 1.82) is 0 Å². The average Bonchev–Trinajstić information content (AvgIpc) is 2.99. The fraction of sp³-hybridized carbons (Fsp3) is 0.600. The number of nitrogens with zero attached hydrogens (tertiary/aromatic N) is 1. The summed E-state index contributed by atoms with van der Waals surface area (Å²) in [5.41, 5.74) is 0.299. The second-order valence-corrected chi connectivity index (χ2v) is 5.35. The first kappa shape index (κ1) is 13.6. The Hall–Kier alpha value is -1.33. The molecular formula is C15H20FNO3. The Kier molecular flexibility index (Phi) is 4.08. The molecule has 3 rings (SSSR count). The summed E-state index contributed by atoms with van der Waals surface area (Å²) in [6.07, 6.45) is 2.17. The lowest BCUT2D eigenvalue weighted by atomic mass is 10.0. The van der Waals surface area contributed by atoms with Gasteiger partial charge in [0.15, 0.2) is 17.3 Å². The summed E-state index contributed by atoms with van der Waals surface area (Å²) in [4.78, 5) is 2.30. The highest BCUT2D eigenvalue weighted by Gasteiger charge is 2.23. The SMILES string of the molecule is OC(CCN1CCCC1)c1ccc2c(c1F)OCCO2. The molecule has 2 aliphatic heterocycles. The van der Waals surface area contributed by atoms with Crippen molar-refractivity contribution in [3.63, 3.8) is 0 Å². The van der Waals surface area contributed by atoms with Gasteiger partial charge >= 0.3 is 0 Å². The summed E-state index contributed by atoms with van der Waals surface area (Å²) >= 11 is 0. The quantitative estimate of drug-likeness (QED) is 0.918. The molecule has 5 heteroatoms. The van der Waals surface area contributed by atoms with Crippen LogP contribution in [0.5, 0.6) is 11.5 Å². The highest BCUT2D eigenvalue weighted by atomic mass is 19.1. The summed E-state index contributed by atoms with van der Waals surface area (Å²) < 4.78 is 25.0. The van der Waals surface area contributed by atoms with E-state index in [0.29, 0.717) is 30.9 Å². The molecule has 0 bridgehead atoms. The largest absolute Gasteiger partial charge is 0.486 e. The number of benzene rings is 1. The molecular weight excluding hydrogens is 261 g/mol. The van der Waals surface area contributed by atoms with Gasteiger partial charge in [0.2, 0.25) is 0 Å². The Bertz CT molecular complexity index is 474. The van der Waals surface area contributed by atoms with Crippen LogP contribution < -0.4 is 9.47 Å². The Balaban J connectivity index is 1.69. The highest BCUT2D eigenvalue weighted by molar-refractivity contribution is 5.46. The van der Waals surface area contributed by atoms with Gasteiger partial charge in [-0.3, -0.25) is 0 Å². The monoisotopic (exact) mass is 281 g/mol. The van der Waals surface area contributed by atoms with Gasteiger partial charge in [-0.05, 0) is 44.5 Å². The molecule has 1 unspecified atom stereocenters. The molecule has 20 heavy (non-hydrogen) atoms. The van der Waals surface area contributed by atoms with E-state index >= 15 is 0 Å². The maximum Gasteiger partial charge on any atom is 0.197 e. The van der Waals surface area contributed by atoms with Gasteiger partial charge in [0.05, 0.1) is 6.10 Å². The van der Waals surface area contributed by atoms with Crippen LogP contribution in [-0.2, 0) is 0 Å². The Morgan fingerprint density at radius 2 is 1.95 bits per heavy atom. The molecule has 0 spiro atoms. The maximum absolute atomic E-state index is 14.3. The third-order valence-corrected chi connectivity index (χ3v) is 3.95. The number of aliphatic hydroxyl groups excluding tert-OH is 1. The first-order valence-electron chi connectivity index (χ1n) is 7.24. The van der Waals surface area contributed by atoms with Crippen LogP contribution in [-0.4, -0.2) is 42.9 Å². The summed E-state index contributed by atoms with van der Waals surface area (Å²) in [5, 5.41) is 10.2. The van der Waals surface area contributed by atoms with E-state index < -0.39 is 11.9 Å². The van der Waals surface area contributed by atoms with Gasteiger partial charge in [-0.15, -0.1) is 0 Å². The van der Waals surface area contributed by atoms with Gasteiger partial charge in [0.25, 0.3) is 0 Å². The third kappa shape index (κ3) is 2.74. The average molecular weight is 281 g/mol. The van der Waals surface area contributed by atoms with Crippen molar-refractivity contribution in [2.45, 2.75) is 25.4 Å². The number of ether oxygens (including phenoxy) is 2. The van der Waals surface area contributed by atoms with Crippen molar-refractivity contribution in [3.8, 4) is 11.5 Å². The van der Waals surface area contributed by atoms with E-state index in [1.54, 1.807) is 12.1 Å². The lowest BCUT2D eigenvalue weighted by Crippen LogP contribution is -2.22. The topological polar surface area (TPSA) is 41.9 Å². The van der Waals surface area contributed by atoms with E-state index in [9.17, 15) is 9.50 Å². The molecule has 0 saturated carbocycles. The number of halogens is 1. The number of hydrogen-bond acceptors (Lipinski definition) is 4. The van der Waals surface area contributed by atoms with Crippen molar-refractivity contribution in [3.05, 3.63) is 23.5 Å². The second kappa shape index (κ2) is 5.97. The molecule has 0 aliphatic carbocycles. The summed E-state index contributed by atoms with van der Waals surface area (Å²) in [6.45, 7) is 3.74. The zero-order valence-electron chi connectivity index (χ0n) is 11.5. The Morgan fingerprint density at radius 3 is 2.75 bits per heavy atom. The van der Waals surface area contributed by atoms with Gasteiger partial charge in [-0.25, -0.2) is 4.39 Å². The number of aliphatic hydroxyl groups is 1. The van der Waals surface area contributed by atoms with Crippen LogP contribution in [0.1, 0.15) is 30.9 Å². The number of hydrogen-bond donors (Lipinski definition) is 1. The van der Waals surface area contributed by atoms with E-state index in [1.807, 2.05) is 0 Å². The van der Waals surface area contributed by atoms with Crippen LogP contribution >= 0.6 is 0 Å². The van der Waals surface area contributed by atoms with Crippen molar-refractivity contribution in [2.75, 3.05) is 32.8 Å². The van der Waals surface area contributed by atoms with E-state index in [1.165, 1.54) is 12.8 Å². The van der Waals surface area contributed by atoms with Crippen molar-refractivity contribution in [1.82, 2.24) is 4.90 Å². The fourth-order valence-electron chi connectivity index (χ4n) is 2.82. The molecule has 110 valence electrons. The molecule has 4 nitrogen and oxygen atoms in total. The van der Waals surface area contributed by atoms with Crippen LogP contribution in [0.4, 0.5) is 4.39 Å². The van der Waals surface area contributed by atoms with Gasteiger partial charge in [-0.1, -0.05) is 0 Å². The lowest BCUT2D eigenvalue weighted by Gasteiger charge is -2.22. The molecule has 1 atom stereocenters. The molecule has 2 aliphatic rings. The van der Waals surface area contributed by atoms with Crippen LogP contribution in [0.3, 0.4) is 0 Å². The van der Waals surface area contributed by atoms with Crippen molar-refractivity contribution >= 4 is 0 Å². The molecule has 0 aromatic heterocycles. The minimum Gasteiger partial charge on any atom is -0.486 e. The van der Waals surface area contributed by atoms with E-state index in [2.05, 4.69) is 4.90 Å². The predicted octanol–water partition coefficient (Wildman–Crippen LogP) is 2.12. The van der Waals surface area contributed by atoms with Gasteiger partial charge < -0.3 is 19.5 Å². The van der Waals surface area contributed by atoms with E-state index in [4.69, 9.17) is 9.47 Å². The van der Waals surface area contributed by atoms with Crippen LogP contribution in [0.25, 0.3) is 0 Å². The van der Waals surface area contributed by atoms with Crippen molar-refractivity contribution in [2.24, 2.45) is 0 Å². The van der Waals surface area contributed by atoms with Gasteiger partial charge in [0, 0.05) is 12.1 Å². The highest BCUT2D eigenvalue weighted by Crippen LogP contribution is 2.37. The summed E-state index contributed by atoms with van der Waals surface area (Å²) in [6, 6.07) is 3.27. The zero-order valence-corrected chi connectivity index (χ0v) is 11.5. The fourth-order valence-corrected chi connectivity index (χ4v) is 2.82. The first-order valence-corrected chi connectivity index (χ1v) is 7.24. The van der Waals surface area contributed by atoms with Crippen LogP contribution in [0.15, 0.2) is 12.1 Å². The molecule has 1 aromatic rings. The van der Waals surface area contributed by atoms with Gasteiger partial charge in [0.1, 0.15) is 13.2 Å². The first-order chi connectivity index (χ1) is 9.75. The lowest BCUT2D eigenvalue weighted by molar-refractivity contribution is 0.138. The normalized spacial score (nSPS) is 20.1. The maximum atomic E-state index is 14.3. The molecule has 1 aromatic carbocycles. The Labute approximate surface area is 118 Å². The summed E-state index contributed by atoms with van der Waals surface area (Å²) in [7, 11) is 0. The zero-order chi connectivity index (χ0) is 13.9. The molecule has 1 fully saturated rings. The van der Waals surface area contributed by atoms with Crippen molar-refractivity contribution < 1.29 is 19.0 Å². The molecule has 1 N–H and O–H groups in total. The van der Waals surface area contributed by atoms with E-state index in [-0.39, 0.29) is 5.75 Å². The number of rotatable bonds is 4. The molecule has 1 saturated heterocycles. The number of fused-ring (bicyclic) bond motifs is 1. The second-order valence-electron chi connectivity index (χ2n) is 5.35. The third-order valence-electron chi connectivity index (χ3n) is 3.95. The smallest absolute Gasteiger partial charge is 0.197 e. The van der Waals surface area contributed by atoms with Crippen LogP contribution in [0.2, 0.25) is 0 Å². The predicted molar refractivity (Wildman–Crippen MR) is 72.6 cm³/mol. The molecule has 0 amide bonds. The standard InChI is InChI=1S/C15H20FNO3/c16-14-11(3-4-13-15(14)20-10-9-19-13)12(18)5-8-17-6-1-2-7-17/h3-4,12,18H,1-2,5-10H2. The van der Waals surface area contributed by atoms with E-state index in [0.717, 1.165) is 19.6 Å². The Morgan fingerprint density at radius 1 is 1.20 bits per heavy atom. The molecule has 2 heterocycles. The minimum atomic E-state index is -0.800.